The quantitative estimate of drug-likeness (QED) is 0.651. The summed E-state index contributed by atoms with van der Waals surface area (Å²) in [6.45, 7) is 9.08. The largest absolute Gasteiger partial charge is 0.372 e. The lowest BCUT2D eigenvalue weighted by molar-refractivity contribution is 0.486. The molecule has 2 heteroatoms. The van der Waals surface area contributed by atoms with Crippen LogP contribution in [0, 0.1) is 5.92 Å². The molecule has 0 atom stereocenters. The predicted octanol–water partition coefficient (Wildman–Crippen LogP) is 4.84. The van der Waals surface area contributed by atoms with Gasteiger partial charge in [-0.25, -0.2) is 0 Å². The molecule has 0 aliphatic heterocycles. The van der Waals surface area contributed by atoms with Crippen molar-refractivity contribution in [2.45, 2.75) is 38.9 Å². The van der Waals surface area contributed by atoms with Gasteiger partial charge in [0.1, 0.15) is 0 Å². The first-order chi connectivity index (χ1) is 8.24. The molecule has 1 nitrogen and oxygen atoms in total. The van der Waals surface area contributed by atoms with E-state index in [4.69, 9.17) is 0 Å². The third kappa shape index (κ3) is 4.34. The van der Waals surface area contributed by atoms with Crippen molar-refractivity contribution in [1.82, 2.24) is 0 Å². The lowest BCUT2D eigenvalue weighted by Gasteiger charge is -2.27. The molecule has 17 heavy (non-hydrogen) atoms. The summed E-state index contributed by atoms with van der Waals surface area (Å²) >= 11 is 3.49. The van der Waals surface area contributed by atoms with Crippen molar-refractivity contribution in [2.24, 2.45) is 5.92 Å². The van der Waals surface area contributed by atoms with E-state index in [-0.39, 0.29) is 0 Å². The topological polar surface area (TPSA) is 3.24 Å². The summed E-state index contributed by atoms with van der Waals surface area (Å²) in [4.78, 5) is 2.48. The van der Waals surface area contributed by atoms with Gasteiger partial charge in [0.15, 0.2) is 0 Å². The van der Waals surface area contributed by atoms with E-state index in [1.54, 1.807) is 0 Å². The van der Waals surface area contributed by atoms with Gasteiger partial charge in [0.05, 0.1) is 0 Å². The monoisotopic (exact) mass is 297 g/mol. The molecule has 0 saturated heterocycles. The molecule has 1 aromatic rings. The highest BCUT2D eigenvalue weighted by Crippen LogP contribution is 2.19. The average molecular weight is 298 g/mol. The Morgan fingerprint density at radius 2 is 1.65 bits per heavy atom. The molecule has 0 saturated carbocycles. The van der Waals surface area contributed by atoms with Crippen LogP contribution < -0.4 is 4.90 Å². The molecule has 0 aromatic heterocycles. The normalized spacial score (nSPS) is 10.9. The Labute approximate surface area is 114 Å². The second-order valence-corrected chi connectivity index (χ2v) is 5.08. The highest BCUT2D eigenvalue weighted by Gasteiger charge is 2.10. The van der Waals surface area contributed by atoms with Crippen LogP contribution in [0.1, 0.15) is 39.2 Å². The van der Waals surface area contributed by atoms with Crippen LogP contribution in [0.25, 0.3) is 0 Å². The van der Waals surface area contributed by atoms with Crippen LogP contribution >= 0.6 is 15.9 Å². The SMILES string of the molecule is CCC(CC)CN(CC)c1ccc(CBr)cc1. The maximum absolute atomic E-state index is 3.49. The van der Waals surface area contributed by atoms with Gasteiger partial charge in [-0.05, 0) is 30.5 Å². The van der Waals surface area contributed by atoms with Gasteiger partial charge in [-0.1, -0.05) is 54.8 Å². The Bertz CT molecular complexity index is 303. The second-order valence-electron chi connectivity index (χ2n) is 4.52. The fraction of sp³-hybridized carbons (Fsp3) is 0.600. The van der Waals surface area contributed by atoms with Crippen molar-refractivity contribution >= 4 is 21.6 Å². The highest BCUT2D eigenvalue weighted by molar-refractivity contribution is 9.08. The van der Waals surface area contributed by atoms with Crippen molar-refractivity contribution in [1.29, 1.82) is 0 Å². The number of benzene rings is 1. The van der Waals surface area contributed by atoms with Gasteiger partial charge in [0.2, 0.25) is 0 Å². The van der Waals surface area contributed by atoms with Gasteiger partial charge in [0, 0.05) is 24.1 Å². The first-order valence-corrected chi connectivity index (χ1v) is 7.77. The molecular formula is C15H24BrN. The number of hydrogen-bond donors (Lipinski definition) is 0. The standard InChI is InChI=1S/C15H24BrN/c1-4-13(5-2)12-17(6-3)15-9-7-14(11-16)8-10-15/h7-10,13H,4-6,11-12H2,1-3H3. The number of alkyl halides is 1. The zero-order valence-electron chi connectivity index (χ0n) is 11.2. The number of anilines is 1. The van der Waals surface area contributed by atoms with Gasteiger partial charge in [-0.3, -0.25) is 0 Å². The first kappa shape index (κ1) is 14.6. The van der Waals surface area contributed by atoms with Gasteiger partial charge in [-0.2, -0.15) is 0 Å². The van der Waals surface area contributed by atoms with Gasteiger partial charge in [0.25, 0.3) is 0 Å². The Balaban J connectivity index is 2.71. The summed E-state index contributed by atoms with van der Waals surface area (Å²) in [7, 11) is 0. The fourth-order valence-corrected chi connectivity index (χ4v) is 2.45. The molecule has 0 aliphatic rings. The molecule has 96 valence electrons. The van der Waals surface area contributed by atoms with E-state index in [0.29, 0.717) is 0 Å². The first-order valence-electron chi connectivity index (χ1n) is 6.64. The third-order valence-corrected chi connectivity index (χ3v) is 4.12. The minimum Gasteiger partial charge on any atom is -0.372 e. The fourth-order valence-electron chi connectivity index (χ4n) is 2.07. The van der Waals surface area contributed by atoms with Crippen molar-refractivity contribution < 1.29 is 0 Å². The van der Waals surface area contributed by atoms with Crippen molar-refractivity contribution in [3.05, 3.63) is 29.8 Å². The van der Waals surface area contributed by atoms with Crippen LogP contribution in [0.5, 0.6) is 0 Å². The number of rotatable bonds is 7. The van der Waals surface area contributed by atoms with Crippen molar-refractivity contribution in [2.75, 3.05) is 18.0 Å². The maximum atomic E-state index is 3.49. The summed E-state index contributed by atoms with van der Waals surface area (Å²) in [5.74, 6) is 0.811. The molecule has 0 N–H and O–H groups in total. The molecule has 0 unspecified atom stereocenters. The van der Waals surface area contributed by atoms with E-state index in [2.05, 4.69) is 65.9 Å². The minimum atomic E-state index is 0.811. The molecule has 1 rings (SSSR count). The third-order valence-electron chi connectivity index (χ3n) is 3.47. The summed E-state index contributed by atoms with van der Waals surface area (Å²) in [5.41, 5.74) is 2.69. The Morgan fingerprint density at radius 1 is 1.06 bits per heavy atom. The molecule has 0 fully saturated rings. The van der Waals surface area contributed by atoms with Gasteiger partial charge >= 0.3 is 0 Å². The van der Waals surface area contributed by atoms with Crippen LogP contribution in [-0.2, 0) is 5.33 Å². The van der Waals surface area contributed by atoms with E-state index in [0.717, 1.165) is 17.8 Å². The van der Waals surface area contributed by atoms with Gasteiger partial charge in [-0.15, -0.1) is 0 Å². The minimum absolute atomic E-state index is 0.811. The van der Waals surface area contributed by atoms with E-state index in [9.17, 15) is 0 Å². The van der Waals surface area contributed by atoms with Gasteiger partial charge < -0.3 is 4.90 Å². The maximum Gasteiger partial charge on any atom is 0.0366 e. The smallest absolute Gasteiger partial charge is 0.0366 e. The summed E-state index contributed by atoms with van der Waals surface area (Å²) in [5, 5.41) is 0.936. The molecule has 0 aliphatic carbocycles. The summed E-state index contributed by atoms with van der Waals surface area (Å²) in [6, 6.07) is 8.89. The number of nitrogens with zero attached hydrogens (tertiary/aromatic N) is 1. The molecule has 0 spiro atoms. The zero-order chi connectivity index (χ0) is 12.7. The molecule has 1 aromatic carbocycles. The van der Waals surface area contributed by atoms with E-state index < -0.39 is 0 Å². The molecule has 0 bridgehead atoms. The zero-order valence-corrected chi connectivity index (χ0v) is 12.8. The summed E-state index contributed by atoms with van der Waals surface area (Å²) in [6.07, 6.45) is 2.54. The van der Waals surface area contributed by atoms with Crippen LogP contribution in [0.2, 0.25) is 0 Å². The Morgan fingerprint density at radius 3 is 2.06 bits per heavy atom. The molecule has 0 heterocycles. The lowest BCUT2D eigenvalue weighted by atomic mass is 10.0. The molecular weight excluding hydrogens is 274 g/mol. The Hall–Kier alpha value is -0.500. The predicted molar refractivity (Wildman–Crippen MR) is 81.0 cm³/mol. The molecule has 0 amide bonds. The number of halogens is 1. The van der Waals surface area contributed by atoms with Crippen LogP contribution in [0.4, 0.5) is 5.69 Å². The van der Waals surface area contributed by atoms with Crippen LogP contribution in [0.3, 0.4) is 0 Å². The summed E-state index contributed by atoms with van der Waals surface area (Å²) < 4.78 is 0. The molecule has 0 radical (unpaired) electrons. The lowest BCUT2D eigenvalue weighted by Crippen LogP contribution is -2.28. The number of hydrogen-bond acceptors (Lipinski definition) is 1. The highest BCUT2D eigenvalue weighted by atomic mass is 79.9. The van der Waals surface area contributed by atoms with E-state index >= 15 is 0 Å². The van der Waals surface area contributed by atoms with Crippen LogP contribution in [-0.4, -0.2) is 13.1 Å². The Kier molecular flexibility index (Phi) is 6.64. The van der Waals surface area contributed by atoms with Crippen molar-refractivity contribution in [3.63, 3.8) is 0 Å². The average Bonchev–Trinajstić information content (AvgIpc) is 2.40. The van der Waals surface area contributed by atoms with Crippen molar-refractivity contribution in [3.8, 4) is 0 Å². The van der Waals surface area contributed by atoms with E-state index in [1.807, 2.05) is 0 Å². The van der Waals surface area contributed by atoms with E-state index in [1.165, 1.54) is 30.6 Å². The van der Waals surface area contributed by atoms with Crippen LogP contribution in [0.15, 0.2) is 24.3 Å². The second kappa shape index (κ2) is 7.75.